The van der Waals surface area contributed by atoms with Crippen LogP contribution in [0.5, 0.6) is 0 Å². The lowest BCUT2D eigenvalue weighted by Gasteiger charge is -2.13. The molecule has 0 saturated heterocycles. The van der Waals surface area contributed by atoms with Gasteiger partial charge in [0.15, 0.2) is 5.78 Å². The molecule has 0 aliphatic carbocycles. The second kappa shape index (κ2) is 8.33. The summed E-state index contributed by atoms with van der Waals surface area (Å²) in [5, 5.41) is 3.36. The number of halogens is 6. The molecule has 2 rings (SSSR count). The minimum atomic E-state index is -4.66. The van der Waals surface area contributed by atoms with E-state index in [0.29, 0.717) is 10.7 Å². The van der Waals surface area contributed by atoms with E-state index in [-0.39, 0.29) is 21.2 Å². The van der Waals surface area contributed by atoms with E-state index in [1.54, 1.807) is 7.05 Å². The number of allylic oxidation sites excluding steroid dienone is 2. The molecule has 0 aliphatic rings. The molecule has 138 valence electrons. The molecule has 2 aromatic carbocycles. The van der Waals surface area contributed by atoms with Gasteiger partial charge < -0.3 is 5.32 Å². The second-order valence-electron chi connectivity index (χ2n) is 5.35. The Balaban J connectivity index is 2.35. The van der Waals surface area contributed by atoms with Crippen molar-refractivity contribution in [3.63, 3.8) is 0 Å². The van der Waals surface area contributed by atoms with E-state index in [0.717, 1.165) is 18.2 Å². The van der Waals surface area contributed by atoms with Gasteiger partial charge in [-0.2, -0.15) is 13.2 Å². The molecule has 0 atom stereocenters. The molecule has 0 spiro atoms. The van der Waals surface area contributed by atoms with Crippen LogP contribution in [-0.4, -0.2) is 19.0 Å². The Morgan fingerprint density at radius 1 is 1.04 bits per heavy atom. The Morgan fingerprint density at radius 3 is 2.19 bits per heavy atom. The van der Waals surface area contributed by atoms with Crippen molar-refractivity contribution >= 4 is 51.8 Å². The van der Waals surface area contributed by atoms with Gasteiger partial charge in [-0.15, -0.1) is 0 Å². The van der Waals surface area contributed by atoms with E-state index in [1.807, 2.05) is 0 Å². The maximum Gasteiger partial charge on any atom is 0.416 e. The Labute approximate surface area is 163 Å². The van der Waals surface area contributed by atoms with Crippen LogP contribution in [0.4, 0.5) is 18.9 Å². The summed E-state index contributed by atoms with van der Waals surface area (Å²) in [6.07, 6.45) is -4.27. The van der Waals surface area contributed by atoms with Crippen LogP contribution in [0.2, 0.25) is 15.1 Å². The third-order valence-electron chi connectivity index (χ3n) is 3.53. The number of hydrogen-bond acceptors (Lipinski definition) is 2. The molecule has 0 saturated carbocycles. The summed E-state index contributed by atoms with van der Waals surface area (Å²) < 4.78 is 40.2. The summed E-state index contributed by atoms with van der Waals surface area (Å²) in [6, 6.07) is 8.09. The van der Waals surface area contributed by atoms with Crippen molar-refractivity contribution in [1.82, 2.24) is 0 Å². The van der Waals surface area contributed by atoms with E-state index in [9.17, 15) is 18.0 Å². The summed E-state index contributed by atoms with van der Waals surface area (Å²) in [5.41, 5.74) is -0.410. The van der Waals surface area contributed by atoms with Gasteiger partial charge in [0, 0.05) is 29.1 Å². The molecule has 0 fully saturated rings. The molecule has 0 radical (unpaired) electrons. The number of nitrogens with one attached hydrogen (secondary N) is 1. The van der Waals surface area contributed by atoms with Crippen molar-refractivity contribution in [1.29, 1.82) is 0 Å². The molecular formula is C18H13Cl3F3NO. The third kappa shape index (κ3) is 5.16. The molecule has 0 unspecified atom stereocenters. The summed E-state index contributed by atoms with van der Waals surface area (Å²) in [7, 11) is 1.63. The Bertz CT molecular complexity index is 843. The maximum absolute atomic E-state index is 13.4. The average molecular weight is 423 g/mol. The molecule has 2 nitrogen and oxygen atoms in total. The lowest BCUT2D eigenvalue weighted by molar-refractivity contribution is -0.0690. The third-order valence-corrected chi connectivity index (χ3v) is 4.29. The summed E-state index contributed by atoms with van der Waals surface area (Å²) in [4.78, 5) is 12.3. The largest absolute Gasteiger partial charge is 0.416 e. The van der Waals surface area contributed by atoms with Gasteiger partial charge in [-0.1, -0.05) is 40.9 Å². The van der Waals surface area contributed by atoms with Crippen LogP contribution >= 0.6 is 34.8 Å². The molecule has 0 bridgehead atoms. The van der Waals surface area contributed by atoms with E-state index in [4.69, 9.17) is 34.8 Å². The molecule has 2 aromatic rings. The normalized spacial score (nSPS) is 12.2. The fourth-order valence-electron chi connectivity index (χ4n) is 2.31. The van der Waals surface area contributed by atoms with Crippen LogP contribution in [-0.2, 0) is 0 Å². The highest BCUT2D eigenvalue weighted by Crippen LogP contribution is 2.36. The minimum Gasteiger partial charge on any atom is -0.387 e. The zero-order valence-electron chi connectivity index (χ0n) is 13.4. The van der Waals surface area contributed by atoms with Crippen molar-refractivity contribution < 1.29 is 18.0 Å². The van der Waals surface area contributed by atoms with Gasteiger partial charge in [0.25, 0.3) is 0 Å². The molecule has 0 aliphatic heterocycles. The fourth-order valence-corrected chi connectivity index (χ4v) is 3.05. The zero-order chi connectivity index (χ0) is 19.5. The first-order valence-corrected chi connectivity index (χ1v) is 8.49. The van der Waals surface area contributed by atoms with Crippen LogP contribution in [0, 0.1) is 0 Å². The van der Waals surface area contributed by atoms with Gasteiger partial charge in [-0.25, -0.2) is 0 Å². The highest BCUT2D eigenvalue weighted by molar-refractivity contribution is 6.35. The lowest BCUT2D eigenvalue weighted by Crippen LogP contribution is -2.12. The van der Waals surface area contributed by atoms with Crippen LogP contribution in [0.3, 0.4) is 0 Å². The molecule has 1 N–H and O–H groups in total. The number of hydrogen-bond donors (Lipinski definition) is 1. The van der Waals surface area contributed by atoms with Crippen LogP contribution < -0.4 is 5.32 Å². The van der Waals surface area contributed by atoms with Crippen LogP contribution in [0.25, 0.3) is 5.57 Å². The standard InChI is InChI=1S/C18H13Cl3F3NO/c1-25-16-8-10(2-4-15(16)21)17(26)5-3-14(18(22,23)24)11-6-12(19)9-13(20)7-11/h2-4,6-9,25H,5H2,1H3/b14-3-. The molecule has 26 heavy (non-hydrogen) atoms. The zero-order valence-corrected chi connectivity index (χ0v) is 15.7. The first-order chi connectivity index (χ1) is 12.1. The Morgan fingerprint density at radius 2 is 1.65 bits per heavy atom. The second-order valence-corrected chi connectivity index (χ2v) is 6.63. The number of Topliss-reactive ketones (excluding diaryl/α,β-unsaturated/α-hetero) is 1. The number of ketones is 1. The van der Waals surface area contributed by atoms with Crippen molar-refractivity contribution in [3.8, 4) is 0 Å². The predicted molar refractivity (Wildman–Crippen MR) is 100 cm³/mol. The summed E-state index contributed by atoms with van der Waals surface area (Å²) >= 11 is 17.5. The van der Waals surface area contributed by atoms with E-state index >= 15 is 0 Å². The highest BCUT2D eigenvalue weighted by atomic mass is 35.5. The quantitative estimate of drug-likeness (QED) is 0.531. The van der Waals surface area contributed by atoms with Crippen molar-refractivity contribution in [3.05, 3.63) is 68.7 Å². The van der Waals surface area contributed by atoms with E-state index in [1.165, 1.54) is 24.3 Å². The monoisotopic (exact) mass is 421 g/mol. The van der Waals surface area contributed by atoms with Gasteiger partial charge in [0.1, 0.15) is 0 Å². The predicted octanol–water partition coefficient (Wildman–Crippen LogP) is 6.91. The SMILES string of the molecule is CNc1cc(C(=O)C/C=C(/c2cc(Cl)cc(Cl)c2)C(F)(F)F)ccc1Cl. The Kier molecular flexibility index (Phi) is 6.61. The number of anilines is 1. The van der Waals surface area contributed by atoms with Gasteiger partial charge >= 0.3 is 6.18 Å². The fraction of sp³-hybridized carbons (Fsp3) is 0.167. The smallest absolute Gasteiger partial charge is 0.387 e. The van der Waals surface area contributed by atoms with Crippen LogP contribution in [0.1, 0.15) is 22.3 Å². The van der Waals surface area contributed by atoms with Gasteiger partial charge in [0.2, 0.25) is 0 Å². The van der Waals surface area contributed by atoms with E-state index in [2.05, 4.69) is 5.32 Å². The Hall–Kier alpha value is -1.69. The minimum absolute atomic E-state index is 0.0744. The first-order valence-electron chi connectivity index (χ1n) is 7.36. The number of carbonyl (C=O) groups excluding carboxylic acids is 1. The molecule has 8 heteroatoms. The van der Waals surface area contributed by atoms with Crippen LogP contribution in [0.15, 0.2) is 42.5 Å². The average Bonchev–Trinajstić information content (AvgIpc) is 2.53. The molecular weight excluding hydrogens is 410 g/mol. The summed E-state index contributed by atoms with van der Waals surface area (Å²) in [6.45, 7) is 0. The highest BCUT2D eigenvalue weighted by Gasteiger charge is 2.35. The topological polar surface area (TPSA) is 29.1 Å². The maximum atomic E-state index is 13.4. The van der Waals surface area contributed by atoms with Gasteiger partial charge in [-0.3, -0.25) is 4.79 Å². The van der Waals surface area contributed by atoms with Gasteiger partial charge in [0.05, 0.1) is 16.3 Å². The van der Waals surface area contributed by atoms with Gasteiger partial charge in [-0.05, 0) is 42.0 Å². The van der Waals surface area contributed by atoms with Crippen molar-refractivity contribution in [2.24, 2.45) is 0 Å². The molecule has 0 heterocycles. The van der Waals surface area contributed by atoms with E-state index < -0.39 is 24.0 Å². The van der Waals surface area contributed by atoms with Crippen molar-refractivity contribution in [2.75, 3.05) is 12.4 Å². The first kappa shape index (κ1) is 20.6. The number of benzene rings is 2. The number of carbonyl (C=O) groups is 1. The molecule has 0 amide bonds. The number of rotatable bonds is 5. The summed E-state index contributed by atoms with van der Waals surface area (Å²) in [5.74, 6) is -0.479. The number of alkyl halides is 3. The molecule has 0 aromatic heterocycles. The van der Waals surface area contributed by atoms with Crippen molar-refractivity contribution in [2.45, 2.75) is 12.6 Å². The lowest BCUT2D eigenvalue weighted by atomic mass is 10.0.